The standard InChI is InChI=1S/C20H29N3/c1-19(2,3)14-7-9-15(10-8-14)23-17-11-12-21-13-16(17)18(22-23)20(4,5)6/h7-10,21H,11-13H2,1-6H3. The molecule has 0 unspecified atom stereocenters. The van der Waals surface area contributed by atoms with Gasteiger partial charge in [0, 0.05) is 30.5 Å². The maximum atomic E-state index is 5.00. The summed E-state index contributed by atoms with van der Waals surface area (Å²) in [6.45, 7) is 15.5. The lowest BCUT2D eigenvalue weighted by atomic mass is 9.87. The van der Waals surface area contributed by atoms with Gasteiger partial charge in [0.25, 0.3) is 0 Å². The van der Waals surface area contributed by atoms with Gasteiger partial charge in [-0.05, 0) is 23.1 Å². The zero-order valence-corrected chi connectivity index (χ0v) is 15.3. The van der Waals surface area contributed by atoms with Crippen LogP contribution in [-0.2, 0) is 23.8 Å². The summed E-state index contributed by atoms with van der Waals surface area (Å²) in [5, 5.41) is 8.50. The first-order chi connectivity index (χ1) is 10.7. The van der Waals surface area contributed by atoms with Crippen LogP contribution in [-0.4, -0.2) is 16.3 Å². The Bertz CT molecular complexity index is 694. The molecule has 0 spiro atoms. The van der Waals surface area contributed by atoms with Crippen molar-refractivity contribution in [3.8, 4) is 5.69 Å². The van der Waals surface area contributed by atoms with Gasteiger partial charge in [-0.1, -0.05) is 53.7 Å². The third kappa shape index (κ3) is 3.07. The number of hydrogen-bond acceptors (Lipinski definition) is 2. The molecule has 3 heteroatoms. The number of fused-ring (bicyclic) bond motifs is 1. The fourth-order valence-corrected chi connectivity index (χ4v) is 3.27. The van der Waals surface area contributed by atoms with Gasteiger partial charge in [-0.25, -0.2) is 4.68 Å². The highest BCUT2D eigenvalue weighted by molar-refractivity contribution is 5.42. The van der Waals surface area contributed by atoms with E-state index in [0.717, 1.165) is 19.5 Å². The molecule has 1 aromatic heterocycles. The van der Waals surface area contributed by atoms with E-state index in [2.05, 4.69) is 75.8 Å². The molecule has 0 saturated heterocycles. The number of nitrogens with zero attached hydrogens (tertiary/aromatic N) is 2. The van der Waals surface area contributed by atoms with E-state index in [0.29, 0.717) is 0 Å². The molecule has 23 heavy (non-hydrogen) atoms. The molecule has 1 aliphatic rings. The van der Waals surface area contributed by atoms with Gasteiger partial charge in [0.2, 0.25) is 0 Å². The van der Waals surface area contributed by atoms with Crippen LogP contribution in [0.15, 0.2) is 24.3 Å². The van der Waals surface area contributed by atoms with Gasteiger partial charge >= 0.3 is 0 Å². The molecule has 2 heterocycles. The molecule has 0 aliphatic carbocycles. The minimum absolute atomic E-state index is 0.0692. The summed E-state index contributed by atoms with van der Waals surface area (Å²) in [7, 11) is 0. The first-order valence-electron chi connectivity index (χ1n) is 8.61. The maximum Gasteiger partial charge on any atom is 0.0730 e. The molecule has 3 rings (SSSR count). The highest BCUT2D eigenvalue weighted by Crippen LogP contribution is 2.31. The molecule has 1 N–H and O–H groups in total. The van der Waals surface area contributed by atoms with Crippen LogP contribution in [0.4, 0.5) is 0 Å². The molecule has 3 nitrogen and oxygen atoms in total. The van der Waals surface area contributed by atoms with Gasteiger partial charge in [0.15, 0.2) is 0 Å². The van der Waals surface area contributed by atoms with Crippen LogP contribution in [0.2, 0.25) is 0 Å². The Labute approximate surface area is 140 Å². The molecule has 2 aromatic rings. The van der Waals surface area contributed by atoms with Crippen LogP contribution in [0, 0.1) is 0 Å². The summed E-state index contributed by atoms with van der Waals surface area (Å²) < 4.78 is 2.17. The SMILES string of the molecule is CC(C)(C)c1ccc(-n2nc(C(C)(C)C)c3c2CCNC3)cc1. The lowest BCUT2D eigenvalue weighted by molar-refractivity contribution is 0.548. The number of nitrogens with one attached hydrogen (secondary N) is 1. The van der Waals surface area contributed by atoms with Crippen LogP contribution >= 0.6 is 0 Å². The topological polar surface area (TPSA) is 29.9 Å². The maximum absolute atomic E-state index is 5.00. The van der Waals surface area contributed by atoms with Gasteiger partial charge in [-0.3, -0.25) is 0 Å². The van der Waals surface area contributed by atoms with Crippen LogP contribution in [0.25, 0.3) is 5.69 Å². The Hall–Kier alpha value is -1.61. The second kappa shape index (κ2) is 5.48. The molecule has 1 aromatic carbocycles. The van der Waals surface area contributed by atoms with Gasteiger partial charge in [-0.15, -0.1) is 0 Å². The Morgan fingerprint density at radius 1 is 0.957 bits per heavy atom. The van der Waals surface area contributed by atoms with E-state index >= 15 is 0 Å². The minimum Gasteiger partial charge on any atom is -0.312 e. The summed E-state index contributed by atoms with van der Waals surface area (Å²) in [6.07, 6.45) is 1.04. The molecule has 0 amide bonds. The molecule has 1 aliphatic heterocycles. The van der Waals surface area contributed by atoms with E-state index in [1.807, 2.05) is 0 Å². The average molecular weight is 311 g/mol. The van der Waals surface area contributed by atoms with E-state index in [-0.39, 0.29) is 10.8 Å². The first-order valence-corrected chi connectivity index (χ1v) is 8.61. The lowest BCUT2D eigenvalue weighted by Crippen LogP contribution is -2.26. The highest BCUT2D eigenvalue weighted by Gasteiger charge is 2.28. The molecule has 124 valence electrons. The Balaban J connectivity index is 2.08. The highest BCUT2D eigenvalue weighted by atomic mass is 15.3. The largest absolute Gasteiger partial charge is 0.312 e. The molecule has 0 saturated carbocycles. The summed E-state index contributed by atoms with van der Waals surface area (Å²) in [6, 6.07) is 8.90. The number of aromatic nitrogens is 2. The second-order valence-corrected chi connectivity index (χ2v) is 8.66. The fraction of sp³-hybridized carbons (Fsp3) is 0.550. The number of rotatable bonds is 1. The second-order valence-electron chi connectivity index (χ2n) is 8.66. The third-order valence-electron chi connectivity index (χ3n) is 4.62. The summed E-state index contributed by atoms with van der Waals surface area (Å²) >= 11 is 0. The smallest absolute Gasteiger partial charge is 0.0730 e. The van der Waals surface area contributed by atoms with Crippen LogP contribution in [0.3, 0.4) is 0 Å². The zero-order chi connectivity index (χ0) is 16.8. The van der Waals surface area contributed by atoms with E-state index in [9.17, 15) is 0 Å². The van der Waals surface area contributed by atoms with Crippen molar-refractivity contribution >= 4 is 0 Å². The molecule has 0 fully saturated rings. The molecule has 0 atom stereocenters. The first kappa shape index (κ1) is 16.3. The Morgan fingerprint density at radius 3 is 2.17 bits per heavy atom. The van der Waals surface area contributed by atoms with Crippen molar-refractivity contribution in [3.63, 3.8) is 0 Å². The summed E-state index contributed by atoms with van der Waals surface area (Å²) in [4.78, 5) is 0. The number of benzene rings is 1. The Morgan fingerprint density at radius 2 is 1.61 bits per heavy atom. The van der Waals surface area contributed by atoms with Crippen molar-refractivity contribution in [1.29, 1.82) is 0 Å². The van der Waals surface area contributed by atoms with E-state index in [4.69, 9.17) is 5.10 Å². The quantitative estimate of drug-likeness (QED) is 0.859. The van der Waals surface area contributed by atoms with Crippen LogP contribution in [0.5, 0.6) is 0 Å². The van der Waals surface area contributed by atoms with Gasteiger partial charge < -0.3 is 5.32 Å². The van der Waals surface area contributed by atoms with Crippen molar-refractivity contribution < 1.29 is 0 Å². The van der Waals surface area contributed by atoms with Crippen LogP contribution < -0.4 is 5.32 Å². The molecule has 0 radical (unpaired) electrons. The monoisotopic (exact) mass is 311 g/mol. The zero-order valence-electron chi connectivity index (χ0n) is 15.3. The van der Waals surface area contributed by atoms with E-state index in [1.165, 1.54) is 28.2 Å². The van der Waals surface area contributed by atoms with E-state index < -0.39 is 0 Å². The summed E-state index contributed by atoms with van der Waals surface area (Å²) in [5.74, 6) is 0. The molecular weight excluding hydrogens is 282 g/mol. The van der Waals surface area contributed by atoms with E-state index in [1.54, 1.807) is 0 Å². The average Bonchev–Trinajstić information content (AvgIpc) is 2.86. The predicted octanol–water partition coefficient (Wildman–Crippen LogP) is 4.11. The fourth-order valence-electron chi connectivity index (χ4n) is 3.27. The molecular formula is C20H29N3. The van der Waals surface area contributed by atoms with Crippen LogP contribution in [0.1, 0.15) is 64.1 Å². The minimum atomic E-state index is 0.0692. The Kier molecular flexibility index (Phi) is 3.88. The van der Waals surface area contributed by atoms with Crippen molar-refractivity contribution in [1.82, 2.24) is 15.1 Å². The third-order valence-corrected chi connectivity index (χ3v) is 4.62. The summed E-state index contributed by atoms with van der Waals surface area (Å²) in [5.41, 5.74) is 6.77. The molecule has 0 bridgehead atoms. The lowest BCUT2D eigenvalue weighted by Gasteiger charge is -2.20. The van der Waals surface area contributed by atoms with Crippen molar-refractivity contribution in [3.05, 3.63) is 46.8 Å². The predicted molar refractivity (Wildman–Crippen MR) is 96.4 cm³/mol. The van der Waals surface area contributed by atoms with Gasteiger partial charge in [-0.2, -0.15) is 5.10 Å². The van der Waals surface area contributed by atoms with Gasteiger partial charge in [0.1, 0.15) is 0 Å². The van der Waals surface area contributed by atoms with Gasteiger partial charge in [0.05, 0.1) is 17.1 Å². The van der Waals surface area contributed by atoms with Crippen molar-refractivity contribution in [2.75, 3.05) is 6.54 Å². The normalized spacial score (nSPS) is 15.6. The van der Waals surface area contributed by atoms with Crippen molar-refractivity contribution in [2.24, 2.45) is 0 Å². The van der Waals surface area contributed by atoms with Crippen molar-refractivity contribution in [2.45, 2.75) is 65.3 Å². The number of hydrogen-bond donors (Lipinski definition) is 1.